The number of aryl methyl sites for hydroxylation is 1. The summed E-state index contributed by atoms with van der Waals surface area (Å²) in [6, 6.07) is 5.60. The van der Waals surface area contributed by atoms with Gasteiger partial charge in [0.15, 0.2) is 4.34 Å². The van der Waals surface area contributed by atoms with Crippen LogP contribution in [0.2, 0.25) is 5.02 Å². The number of aromatic nitrogens is 2. The van der Waals surface area contributed by atoms with E-state index in [9.17, 15) is 5.11 Å². The van der Waals surface area contributed by atoms with Crippen LogP contribution in [0.1, 0.15) is 24.4 Å². The van der Waals surface area contributed by atoms with Crippen molar-refractivity contribution < 1.29 is 5.11 Å². The van der Waals surface area contributed by atoms with Crippen molar-refractivity contribution in [1.82, 2.24) is 9.36 Å². The molecule has 2 aromatic rings. The van der Waals surface area contributed by atoms with E-state index in [1.807, 2.05) is 25.1 Å². The lowest BCUT2D eigenvalue weighted by Crippen LogP contribution is -1.91. The predicted molar refractivity (Wildman–Crippen MR) is 70.9 cm³/mol. The third kappa shape index (κ3) is 3.19. The van der Waals surface area contributed by atoms with Crippen molar-refractivity contribution >= 4 is 34.9 Å². The van der Waals surface area contributed by atoms with Crippen LogP contribution < -0.4 is 0 Å². The Bertz CT molecular complexity index is 528. The first kappa shape index (κ1) is 12.8. The highest BCUT2D eigenvalue weighted by Gasteiger charge is 2.09. The second kappa shape index (κ2) is 5.35. The minimum atomic E-state index is -0.551. The van der Waals surface area contributed by atoms with Gasteiger partial charge in [0, 0.05) is 9.92 Å². The van der Waals surface area contributed by atoms with Crippen molar-refractivity contribution in [3.05, 3.63) is 34.6 Å². The molecule has 0 bridgehead atoms. The SMILES string of the molecule is Cc1nsc(Sc2ccc(C(C)O)c(Cl)c2)n1. The summed E-state index contributed by atoms with van der Waals surface area (Å²) in [6.45, 7) is 3.56. The zero-order chi connectivity index (χ0) is 12.4. The van der Waals surface area contributed by atoms with E-state index >= 15 is 0 Å². The van der Waals surface area contributed by atoms with Gasteiger partial charge in [0.25, 0.3) is 0 Å². The third-order valence-electron chi connectivity index (χ3n) is 2.14. The molecule has 0 spiro atoms. The molecule has 90 valence electrons. The topological polar surface area (TPSA) is 46.0 Å². The average molecular weight is 287 g/mol. The molecule has 1 aromatic heterocycles. The number of rotatable bonds is 3. The predicted octanol–water partition coefficient (Wildman–Crippen LogP) is 3.70. The maximum absolute atomic E-state index is 9.48. The van der Waals surface area contributed by atoms with Crippen molar-refractivity contribution in [3.63, 3.8) is 0 Å². The van der Waals surface area contributed by atoms with Crippen molar-refractivity contribution in [3.8, 4) is 0 Å². The first-order valence-corrected chi connectivity index (χ1v) is 6.98. The number of halogens is 1. The Morgan fingerprint density at radius 1 is 1.47 bits per heavy atom. The van der Waals surface area contributed by atoms with Crippen molar-refractivity contribution in [2.45, 2.75) is 29.2 Å². The molecular formula is C11H11ClN2OS2. The lowest BCUT2D eigenvalue weighted by molar-refractivity contribution is 0.199. The quantitative estimate of drug-likeness (QED) is 0.934. The van der Waals surface area contributed by atoms with Crippen molar-refractivity contribution in [1.29, 1.82) is 0 Å². The van der Waals surface area contributed by atoms with Gasteiger partial charge in [0.1, 0.15) is 5.82 Å². The molecule has 0 amide bonds. The number of nitrogens with zero attached hydrogens (tertiary/aromatic N) is 2. The summed E-state index contributed by atoms with van der Waals surface area (Å²) in [5.41, 5.74) is 0.740. The minimum absolute atomic E-state index is 0.551. The Labute approximate surface area is 113 Å². The summed E-state index contributed by atoms with van der Waals surface area (Å²) in [7, 11) is 0. The standard InChI is InChI=1S/C11H11ClN2OS2/c1-6(15)9-4-3-8(5-10(9)12)16-11-13-7(2)14-17-11/h3-6,15H,1-2H3. The molecular weight excluding hydrogens is 276 g/mol. The number of aliphatic hydroxyl groups excluding tert-OH is 1. The first-order valence-electron chi connectivity index (χ1n) is 5.02. The van der Waals surface area contributed by atoms with Crippen LogP contribution in [0.3, 0.4) is 0 Å². The number of hydrogen-bond donors (Lipinski definition) is 1. The smallest absolute Gasteiger partial charge is 0.174 e. The van der Waals surface area contributed by atoms with Gasteiger partial charge in [0.05, 0.1) is 6.10 Å². The van der Waals surface area contributed by atoms with Gasteiger partial charge in [0.2, 0.25) is 0 Å². The van der Waals surface area contributed by atoms with Gasteiger partial charge >= 0.3 is 0 Å². The molecule has 1 aromatic carbocycles. The Balaban J connectivity index is 2.20. The molecule has 1 heterocycles. The van der Waals surface area contributed by atoms with E-state index in [1.165, 1.54) is 23.3 Å². The Kier molecular flexibility index (Phi) is 4.04. The Morgan fingerprint density at radius 2 is 2.24 bits per heavy atom. The van der Waals surface area contributed by atoms with Gasteiger partial charge in [-0.3, -0.25) is 0 Å². The molecule has 0 aliphatic carbocycles. The minimum Gasteiger partial charge on any atom is -0.389 e. The van der Waals surface area contributed by atoms with Gasteiger partial charge in [-0.25, -0.2) is 4.98 Å². The molecule has 0 radical (unpaired) electrons. The van der Waals surface area contributed by atoms with E-state index in [-0.39, 0.29) is 0 Å². The second-order valence-corrected chi connectivity index (χ2v) is 6.05. The molecule has 0 aliphatic rings. The number of hydrogen-bond acceptors (Lipinski definition) is 5. The van der Waals surface area contributed by atoms with E-state index in [4.69, 9.17) is 11.6 Å². The van der Waals surface area contributed by atoms with Gasteiger partial charge in [-0.15, -0.1) is 0 Å². The van der Waals surface area contributed by atoms with E-state index in [1.54, 1.807) is 6.92 Å². The molecule has 3 nitrogen and oxygen atoms in total. The van der Waals surface area contributed by atoms with Crippen LogP contribution in [0.25, 0.3) is 0 Å². The molecule has 1 N–H and O–H groups in total. The highest BCUT2D eigenvalue weighted by Crippen LogP contribution is 2.33. The number of benzene rings is 1. The molecule has 2 rings (SSSR count). The fourth-order valence-corrected chi connectivity index (χ4v) is 3.40. The zero-order valence-electron chi connectivity index (χ0n) is 9.35. The lowest BCUT2D eigenvalue weighted by atomic mass is 10.1. The van der Waals surface area contributed by atoms with Crippen molar-refractivity contribution in [2.75, 3.05) is 0 Å². The van der Waals surface area contributed by atoms with Crippen LogP contribution >= 0.6 is 34.9 Å². The summed E-state index contributed by atoms with van der Waals surface area (Å²) >= 11 is 8.98. The molecule has 17 heavy (non-hydrogen) atoms. The molecule has 6 heteroatoms. The van der Waals surface area contributed by atoms with Crippen LogP contribution in [-0.4, -0.2) is 14.5 Å². The second-order valence-electron chi connectivity index (χ2n) is 3.57. The maximum Gasteiger partial charge on any atom is 0.174 e. The Hall–Kier alpha value is -0.620. The van der Waals surface area contributed by atoms with E-state index < -0.39 is 6.10 Å². The summed E-state index contributed by atoms with van der Waals surface area (Å²) in [5.74, 6) is 0.782. The van der Waals surface area contributed by atoms with Crippen LogP contribution in [0, 0.1) is 6.92 Å². The highest BCUT2D eigenvalue weighted by atomic mass is 35.5. The molecule has 0 fully saturated rings. The summed E-state index contributed by atoms with van der Waals surface area (Å²) in [5, 5.41) is 10.1. The largest absolute Gasteiger partial charge is 0.389 e. The van der Waals surface area contributed by atoms with Gasteiger partial charge < -0.3 is 5.11 Å². The van der Waals surface area contributed by atoms with Crippen LogP contribution in [0.5, 0.6) is 0 Å². The van der Waals surface area contributed by atoms with Gasteiger partial charge in [-0.2, -0.15) is 4.37 Å². The van der Waals surface area contributed by atoms with E-state index in [0.29, 0.717) is 5.02 Å². The number of aliphatic hydroxyl groups is 1. The Morgan fingerprint density at radius 3 is 2.76 bits per heavy atom. The molecule has 0 aliphatic heterocycles. The molecule has 0 saturated heterocycles. The van der Waals surface area contributed by atoms with Crippen LogP contribution in [0.15, 0.2) is 27.4 Å². The van der Waals surface area contributed by atoms with Crippen LogP contribution in [-0.2, 0) is 0 Å². The molecule has 0 saturated carbocycles. The van der Waals surface area contributed by atoms with Crippen LogP contribution in [0.4, 0.5) is 0 Å². The fraction of sp³-hybridized carbons (Fsp3) is 0.273. The van der Waals surface area contributed by atoms with Gasteiger partial charge in [-0.1, -0.05) is 29.4 Å². The third-order valence-corrected chi connectivity index (χ3v) is 4.30. The zero-order valence-corrected chi connectivity index (χ0v) is 11.7. The highest BCUT2D eigenvalue weighted by molar-refractivity contribution is 8.01. The normalized spacial score (nSPS) is 12.7. The van der Waals surface area contributed by atoms with E-state index in [0.717, 1.165) is 20.6 Å². The first-order chi connectivity index (χ1) is 8.06. The lowest BCUT2D eigenvalue weighted by Gasteiger charge is -2.08. The monoisotopic (exact) mass is 286 g/mol. The van der Waals surface area contributed by atoms with Gasteiger partial charge in [-0.05, 0) is 43.1 Å². The summed E-state index contributed by atoms with van der Waals surface area (Å²) < 4.78 is 5.01. The molecule has 1 unspecified atom stereocenters. The van der Waals surface area contributed by atoms with Crippen molar-refractivity contribution in [2.24, 2.45) is 0 Å². The fourth-order valence-electron chi connectivity index (χ4n) is 1.33. The maximum atomic E-state index is 9.48. The van der Waals surface area contributed by atoms with E-state index in [2.05, 4.69) is 9.36 Å². The molecule has 1 atom stereocenters. The summed E-state index contributed by atoms with van der Waals surface area (Å²) in [4.78, 5) is 5.27. The average Bonchev–Trinajstić information content (AvgIpc) is 2.63. The summed E-state index contributed by atoms with van der Waals surface area (Å²) in [6.07, 6.45) is -0.551.